The molecule has 2 aromatic carbocycles. The summed E-state index contributed by atoms with van der Waals surface area (Å²) in [5.74, 6) is -1.24. The van der Waals surface area contributed by atoms with Crippen LogP contribution in [0.3, 0.4) is 0 Å². The molecular weight excluding hydrogens is 422 g/mol. The van der Waals surface area contributed by atoms with Gasteiger partial charge in [0.2, 0.25) is 5.91 Å². The summed E-state index contributed by atoms with van der Waals surface area (Å²) in [4.78, 5) is 36.8. The van der Waals surface area contributed by atoms with Gasteiger partial charge in [-0.25, -0.2) is 9.59 Å². The summed E-state index contributed by atoms with van der Waals surface area (Å²) in [6.07, 6.45) is -0.234. The number of benzene rings is 2. The van der Waals surface area contributed by atoms with E-state index in [0.717, 1.165) is 5.56 Å². The summed E-state index contributed by atoms with van der Waals surface area (Å²) in [7, 11) is 1.51. The quantitative estimate of drug-likeness (QED) is 0.542. The van der Waals surface area contributed by atoms with Gasteiger partial charge in [0.15, 0.2) is 0 Å². The Morgan fingerprint density at radius 3 is 2.48 bits per heavy atom. The number of carbonyl (C=O) groups is 2. The maximum absolute atomic E-state index is 12.6. The van der Waals surface area contributed by atoms with Crippen LogP contribution in [0, 0.1) is 13.8 Å². The fourth-order valence-corrected chi connectivity index (χ4v) is 3.59. The molecule has 3 aromatic rings. The first-order valence-corrected chi connectivity index (χ1v) is 9.95. The van der Waals surface area contributed by atoms with E-state index in [2.05, 4.69) is 5.32 Å². The molecule has 31 heavy (non-hydrogen) atoms. The predicted octanol–water partition coefficient (Wildman–Crippen LogP) is 3.43. The normalized spacial score (nSPS) is 11.9. The first-order valence-electron chi connectivity index (χ1n) is 9.57. The van der Waals surface area contributed by atoms with Crippen molar-refractivity contribution in [1.82, 2.24) is 5.32 Å². The van der Waals surface area contributed by atoms with E-state index in [4.69, 9.17) is 20.8 Å². The Labute approximate surface area is 183 Å². The number of nitrogens with one attached hydrogen (secondary N) is 1. The van der Waals surface area contributed by atoms with Crippen molar-refractivity contribution in [2.75, 3.05) is 7.11 Å². The highest BCUT2D eigenvalue weighted by Gasteiger charge is 2.23. The van der Waals surface area contributed by atoms with Gasteiger partial charge in [-0.15, -0.1) is 0 Å². The zero-order chi connectivity index (χ0) is 22.7. The standard InChI is InChI=1S/C23H22ClNO6/c1-12-8-18(30-3)21-13(2)16(23(29)31-19(21)9-12)11-20(26)25-17(22(27)28)10-14-4-6-15(24)7-5-14/h4-9,17H,10-11H2,1-3H3,(H,25,26)(H,27,28)/t17-/m0/s1. The van der Waals surface area contributed by atoms with Gasteiger partial charge in [0, 0.05) is 11.4 Å². The topological polar surface area (TPSA) is 106 Å². The van der Waals surface area contributed by atoms with Gasteiger partial charge in [-0.2, -0.15) is 0 Å². The second kappa shape index (κ2) is 9.22. The third-order valence-electron chi connectivity index (χ3n) is 5.03. The predicted molar refractivity (Wildman–Crippen MR) is 117 cm³/mol. The number of rotatable bonds is 7. The molecule has 8 heteroatoms. The van der Waals surface area contributed by atoms with Crippen molar-refractivity contribution in [1.29, 1.82) is 0 Å². The molecule has 0 radical (unpaired) electrons. The molecule has 0 aliphatic carbocycles. The molecule has 3 rings (SSSR count). The van der Waals surface area contributed by atoms with Crippen LogP contribution in [0.4, 0.5) is 0 Å². The van der Waals surface area contributed by atoms with Crippen molar-refractivity contribution in [3.63, 3.8) is 0 Å². The fourth-order valence-electron chi connectivity index (χ4n) is 3.46. The minimum Gasteiger partial charge on any atom is -0.496 e. The Bertz CT molecular complexity index is 1200. The number of ether oxygens (including phenoxy) is 1. The first-order chi connectivity index (χ1) is 14.7. The zero-order valence-electron chi connectivity index (χ0n) is 17.3. The third-order valence-corrected chi connectivity index (χ3v) is 5.28. The molecule has 0 bridgehead atoms. The Hall–Kier alpha value is -3.32. The molecule has 162 valence electrons. The molecule has 0 aliphatic heterocycles. The molecule has 0 fully saturated rings. The maximum atomic E-state index is 12.6. The van der Waals surface area contributed by atoms with Gasteiger partial charge in [0.05, 0.1) is 24.5 Å². The van der Waals surface area contributed by atoms with Crippen molar-refractivity contribution in [2.24, 2.45) is 0 Å². The van der Waals surface area contributed by atoms with Gasteiger partial charge in [-0.1, -0.05) is 23.7 Å². The number of amides is 1. The third kappa shape index (κ3) is 5.06. The lowest BCUT2D eigenvalue weighted by molar-refractivity contribution is -0.141. The molecule has 2 N–H and O–H groups in total. The smallest absolute Gasteiger partial charge is 0.340 e. The highest BCUT2D eigenvalue weighted by molar-refractivity contribution is 6.30. The highest BCUT2D eigenvalue weighted by atomic mass is 35.5. The van der Waals surface area contributed by atoms with E-state index >= 15 is 0 Å². The highest BCUT2D eigenvalue weighted by Crippen LogP contribution is 2.30. The number of carboxylic acids is 1. The second-order valence-corrected chi connectivity index (χ2v) is 7.74. The summed E-state index contributed by atoms with van der Waals surface area (Å²) in [6.45, 7) is 3.56. The van der Waals surface area contributed by atoms with Crippen LogP contribution >= 0.6 is 11.6 Å². The van der Waals surface area contributed by atoms with E-state index in [1.165, 1.54) is 7.11 Å². The Morgan fingerprint density at radius 2 is 1.87 bits per heavy atom. The summed E-state index contributed by atoms with van der Waals surface area (Å²) in [6, 6.07) is 9.07. The Morgan fingerprint density at radius 1 is 1.19 bits per heavy atom. The molecule has 1 amide bonds. The number of aliphatic carboxylic acids is 1. The van der Waals surface area contributed by atoms with Crippen molar-refractivity contribution in [2.45, 2.75) is 32.7 Å². The van der Waals surface area contributed by atoms with Gasteiger partial charge >= 0.3 is 11.6 Å². The van der Waals surface area contributed by atoms with E-state index in [1.54, 1.807) is 37.3 Å². The fraction of sp³-hybridized carbons (Fsp3) is 0.261. The number of aryl methyl sites for hydroxylation is 2. The number of methoxy groups -OCH3 is 1. The van der Waals surface area contributed by atoms with E-state index in [0.29, 0.717) is 32.9 Å². The molecule has 0 unspecified atom stereocenters. The number of halogens is 1. The minimum absolute atomic E-state index is 0.0800. The molecule has 1 atom stereocenters. The van der Waals surface area contributed by atoms with E-state index < -0.39 is 23.5 Å². The van der Waals surface area contributed by atoms with Gasteiger partial charge in [0.25, 0.3) is 0 Å². The summed E-state index contributed by atoms with van der Waals surface area (Å²) >= 11 is 5.85. The van der Waals surface area contributed by atoms with Crippen LogP contribution < -0.4 is 15.7 Å². The van der Waals surface area contributed by atoms with Gasteiger partial charge < -0.3 is 19.6 Å². The minimum atomic E-state index is -1.18. The van der Waals surface area contributed by atoms with Crippen molar-refractivity contribution in [3.8, 4) is 5.75 Å². The van der Waals surface area contributed by atoms with Crippen LogP contribution in [0.2, 0.25) is 5.02 Å². The Balaban J connectivity index is 1.86. The summed E-state index contributed by atoms with van der Waals surface area (Å²) in [5.41, 5.74) is 2.01. The molecule has 1 aromatic heterocycles. The van der Waals surface area contributed by atoms with Crippen LogP contribution in [0.5, 0.6) is 5.75 Å². The van der Waals surface area contributed by atoms with Gasteiger partial charge in [-0.3, -0.25) is 4.79 Å². The maximum Gasteiger partial charge on any atom is 0.340 e. The summed E-state index contributed by atoms with van der Waals surface area (Å²) < 4.78 is 10.8. The largest absolute Gasteiger partial charge is 0.496 e. The number of hydrogen-bond donors (Lipinski definition) is 2. The molecule has 1 heterocycles. The van der Waals surface area contributed by atoms with E-state index in [1.807, 2.05) is 13.0 Å². The molecule has 7 nitrogen and oxygen atoms in total. The molecule has 0 saturated carbocycles. The van der Waals surface area contributed by atoms with Crippen LogP contribution in [-0.4, -0.2) is 30.1 Å². The van der Waals surface area contributed by atoms with Crippen LogP contribution in [0.15, 0.2) is 45.6 Å². The second-order valence-electron chi connectivity index (χ2n) is 7.30. The number of hydrogen-bond acceptors (Lipinski definition) is 5. The number of carbonyl (C=O) groups excluding carboxylic acids is 1. The lowest BCUT2D eigenvalue weighted by Gasteiger charge is -2.16. The number of fused-ring (bicyclic) bond motifs is 1. The van der Waals surface area contributed by atoms with Crippen LogP contribution in [-0.2, 0) is 22.4 Å². The van der Waals surface area contributed by atoms with E-state index in [9.17, 15) is 19.5 Å². The van der Waals surface area contributed by atoms with Crippen molar-refractivity contribution >= 4 is 34.4 Å². The first kappa shape index (κ1) is 22.4. The van der Waals surface area contributed by atoms with Crippen LogP contribution in [0.1, 0.15) is 22.3 Å². The molecule has 0 saturated heterocycles. The average molecular weight is 444 g/mol. The monoisotopic (exact) mass is 443 g/mol. The van der Waals surface area contributed by atoms with E-state index in [-0.39, 0.29) is 18.4 Å². The SMILES string of the molecule is COc1cc(C)cc2oc(=O)c(CC(=O)N[C@@H](Cc3ccc(Cl)cc3)C(=O)O)c(C)c12. The molecule has 0 aliphatic rings. The zero-order valence-corrected chi connectivity index (χ0v) is 18.1. The lowest BCUT2D eigenvalue weighted by Crippen LogP contribution is -2.43. The Kier molecular flexibility index (Phi) is 6.65. The average Bonchev–Trinajstić information content (AvgIpc) is 2.71. The van der Waals surface area contributed by atoms with Crippen LogP contribution in [0.25, 0.3) is 11.0 Å². The van der Waals surface area contributed by atoms with Crippen molar-refractivity contribution < 1.29 is 23.8 Å². The number of carboxylic acid groups (broad SMARTS) is 1. The van der Waals surface area contributed by atoms with Gasteiger partial charge in [0.1, 0.15) is 17.4 Å². The lowest BCUT2D eigenvalue weighted by atomic mass is 10.0. The molecular formula is C23H22ClNO6. The molecule has 0 spiro atoms. The summed E-state index contributed by atoms with van der Waals surface area (Å²) in [5, 5.41) is 13.1. The van der Waals surface area contributed by atoms with Gasteiger partial charge in [-0.05, 0) is 54.8 Å². The van der Waals surface area contributed by atoms with Crippen molar-refractivity contribution in [3.05, 3.63) is 74.1 Å².